The van der Waals surface area contributed by atoms with Gasteiger partial charge in [-0.15, -0.1) is 0 Å². The van der Waals surface area contributed by atoms with Gasteiger partial charge in [-0.1, -0.05) is 25.1 Å². The fourth-order valence-corrected chi connectivity index (χ4v) is 3.19. The lowest BCUT2D eigenvalue weighted by atomic mass is 10.2. The molecular weight excluding hydrogens is 324 g/mol. The minimum absolute atomic E-state index is 0.687. The Morgan fingerprint density at radius 1 is 1.29 bits per heavy atom. The highest BCUT2D eigenvalue weighted by atomic mass is 32.1. The number of aryl methyl sites for hydroxylation is 1. The van der Waals surface area contributed by atoms with Crippen molar-refractivity contribution in [2.75, 3.05) is 44.8 Å². The van der Waals surface area contributed by atoms with E-state index in [4.69, 9.17) is 9.47 Å². The Morgan fingerprint density at radius 2 is 2.12 bits per heavy atom. The van der Waals surface area contributed by atoms with E-state index in [-0.39, 0.29) is 0 Å². The van der Waals surface area contributed by atoms with Gasteiger partial charge in [-0.05, 0) is 6.07 Å². The Balaban J connectivity index is 1.50. The minimum atomic E-state index is 0.687. The van der Waals surface area contributed by atoms with Crippen LogP contribution in [-0.2, 0) is 17.7 Å². The topological polar surface area (TPSA) is 59.5 Å². The van der Waals surface area contributed by atoms with E-state index in [2.05, 4.69) is 32.6 Å². The van der Waals surface area contributed by atoms with E-state index >= 15 is 0 Å². The monoisotopic (exact) mass is 348 g/mol. The van der Waals surface area contributed by atoms with Gasteiger partial charge in [0, 0.05) is 49.7 Å². The van der Waals surface area contributed by atoms with Crippen LogP contribution < -0.4 is 10.1 Å². The Morgan fingerprint density at radius 3 is 2.92 bits per heavy atom. The van der Waals surface area contributed by atoms with Crippen molar-refractivity contribution in [1.29, 1.82) is 0 Å². The molecule has 1 fully saturated rings. The number of anilines is 1. The molecule has 24 heavy (non-hydrogen) atoms. The summed E-state index contributed by atoms with van der Waals surface area (Å²) in [5.74, 6) is 1.82. The van der Waals surface area contributed by atoms with E-state index in [0.29, 0.717) is 13.2 Å². The molecule has 130 valence electrons. The molecule has 0 saturated carbocycles. The molecule has 1 saturated heterocycles. The quantitative estimate of drug-likeness (QED) is 0.791. The maximum absolute atomic E-state index is 6.00. The largest absolute Gasteiger partial charge is 0.492 e. The molecule has 0 aliphatic carbocycles. The minimum Gasteiger partial charge on any atom is -0.492 e. The van der Waals surface area contributed by atoms with Gasteiger partial charge in [-0.2, -0.15) is 4.37 Å². The third-order valence-electron chi connectivity index (χ3n) is 3.96. The molecule has 0 atom stereocenters. The summed E-state index contributed by atoms with van der Waals surface area (Å²) in [7, 11) is 0. The highest BCUT2D eigenvalue weighted by Crippen LogP contribution is 2.20. The average Bonchev–Trinajstić information content (AvgIpc) is 3.10. The molecule has 1 aromatic carbocycles. The van der Waals surface area contributed by atoms with Crippen molar-refractivity contribution >= 4 is 16.7 Å². The van der Waals surface area contributed by atoms with Gasteiger partial charge in [0.05, 0.1) is 13.2 Å². The van der Waals surface area contributed by atoms with E-state index in [1.165, 1.54) is 11.5 Å². The van der Waals surface area contributed by atoms with Crippen LogP contribution in [0, 0.1) is 0 Å². The first-order chi connectivity index (χ1) is 11.8. The smallest absolute Gasteiger partial charge is 0.202 e. The first kappa shape index (κ1) is 17.1. The molecule has 1 aromatic heterocycles. The number of nitrogens with zero attached hydrogens (tertiary/aromatic N) is 3. The molecular formula is C17H24N4O2S. The van der Waals surface area contributed by atoms with Gasteiger partial charge in [0.1, 0.15) is 18.2 Å². The molecule has 2 aromatic rings. The van der Waals surface area contributed by atoms with Gasteiger partial charge in [-0.3, -0.25) is 4.90 Å². The Kier molecular flexibility index (Phi) is 6.40. The van der Waals surface area contributed by atoms with Crippen LogP contribution in [0.3, 0.4) is 0 Å². The standard InChI is InChI=1S/C17H24N4O2S/c1-2-16-19-17(24-20-16)18-13-14-5-3-4-6-15(14)23-12-9-21-7-10-22-11-8-21/h3-6H,2,7-13H2,1H3,(H,18,19,20). The van der Waals surface area contributed by atoms with Crippen LogP contribution in [0.1, 0.15) is 18.3 Å². The van der Waals surface area contributed by atoms with E-state index in [9.17, 15) is 0 Å². The normalized spacial score (nSPS) is 15.4. The van der Waals surface area contributed by atoms with Gasteiger partial charge < -0.3 is 14.8 Å². The first-order valence-corrected chi connectivity index (χ1v) is 9.19. The number of benzene rings is 1. The van der Waals surface area contributed by atoms with Crippen molar-refractivity contribution in [3.05, 3.63) is 35.7 Å². The van der Waals surface area contributed by atoms with Crippen LogP contribution in [-0.4, -0.2) is 53.7 Å². The molecule has 0 amide bonds. The van der Waals surface area contributed by atoms with Crippen molar-refractivity contribution in [3.63, 3.8) is 0 Å². The van der Waals surface area contributed by atoms with Gasteiger partial charge in [-0.25, -0.2) is 4.98 Å². The summed E-state index contributed by atoms with van der Waals surface area (Å²) in [6.07, 6.45) is 0.861. The van der Waals surface area contributed by atoms with Crippen LogP contribution in [0.15, 0.2) is 24.3 Å². The molecule has 1 N–H and O–H groups in total. The Bertz CT molecular complexity index is 629. The maximum Gasteiger partial charge on any atom is 0.202 e. The van der Waals surface area contributed by atoms with Gasteiger partial charge in [0.15, 0.2) is 0 Å². The van der Waals surface area contributed by atoms with Crippen LogP contribution >= 0.6 is 11.5 Å². The Hall–Kier alpha value is -1.70. The van der Waals surface area contributed by atoms with E-state index < -0.39 is 0 Å². The third-order valence-corrected chi connectivity index (χ3v) is 4.67. The molecule has 6 nitrogen and oxygen atoms in total. The second kappa shape index (κ2) is 8.96. The number of rotatable bonds is 8. The summed E-state index contributed by atoms with van der Waals surface area (Å²) in [4.78, 5) is 6.81. The lowest BCUT2D eigenvalue weighted by Gasteiger charge is -2.26. The molecule has 0 spiro atoms. The summed E-state index contributed by atoms with van der Waals surface area (Å²) in [5, 5.41) is 4.19. The number of ether oxygens (including phenoxy) is 2. The number of morpholine rings is 1. The van der Waals surface area contributed by atoms with Crippen molar-refractivity contribution in [1.82, 2.24) is 14.3 Å². The fraction of sp³-hybridized carbons (Fsp3) is 0.529. The number of hydrogen-bond acceptors (Lipinski definition) is 7. The molecule has 0 radical (unpaired) electrons. The van der Waals surface area contributed by atoms with Crippen molar-refractivity contribution in [3.8, 4) is 5.75 Å². The van der Waals surface area contributed by atoms with Crippen molar-refractivity contribution in [2.24, 2.45) is 0 Å². The van der Waals surface area contributed by atoms with Gasteiger partial charge >= 0.3 is 0 Å². The third kappa shape index (κ3) is 4.90. The summed E-state index contributed by atoms with van der Waals surface area (Å²) in [5.41, 5.74) is 1.13. The van der Waals surface area contributed by atoms with E-state index in [0.717, 1.165) is 61.5 Å². The lowest BCUT2D eigenvalue weighted by Crippen LogP contribution is -2.38. The molecule has 1 aliphatic rings. The maximum atomic E-state index is 6.00. The zero-order chi connectivity index (χ0) is 16.6. The zero-order valence-electron chi connectivity index (χ0n) is 14.0. The molecule has 0 bridgehead atoms. The first-order valence-electron chi connectivity index (χ1n) is 8.42. The Labute approximate surface area is 147 Å². The molecule has 0 unspecified atom stereocenters. The van der Waals surface area contributed by atoms with Crippen molar-refractivity contribution < 1.29 is 9.47 Å². The predicted octanol–water partition coefficient (Wildman–Crippen LogP) is 2.42. The lowest BCUT2D eigenvalue weighted by molar-refractivity contribution is 0.0322. The summed E-state index contributed by atoms with van der Waals surface area (Å²) in [6.45, 7) is 7.99. The van der Waals surface area contributed by atoms with Gasteiger partial charge in [0.2, 0.25) is 5.13 Å². The van der Waals surface area contributed by atoms with Crippen LogP contribution in [0.2, 0.25) is 0 Å². The highest BCUT2D eigenvalue weighted by Gasteiger charge is 2.11. The molecule has 2 heterocycles. The number of nitrogens with one attached hydrogen (secondary N) is 1. The fourth-order valence-electron chi connectivity index (χ4n) is 2.54. The van der Waals surface area contributed by atoms with E-state index in [1.807, 2.05) is 18.2 Å². The summed E-state index contributed by atoms with van der Waals surface area (Å²) >= 11 is 1.40. The average molecular weight is 348 g/mol. The summed E-state index contributed by atoms with van der Waals surface area (Å²) in [6, 6.07) is 8.14. The van der Waals surface area contributed by atoms with Crippen LogP contribution in [0.4, 0.5) is 5.13 Å². The van der Waals surface area contributed by atoms with Crippen LogP contribution in [0.5, 0.6) is 5.75 Å². The van der Waals surface area contributed by atoms with Crippen molar-refractivity contribution in [2.45, 2.75) is 19.9 Å². The molecule has 7 heteroatoms. The highest BCUT2D eigenvalue weighted by molar-refractivity contribution is 7.09. The predicted molar refractivity (Wildman–Crippen MR) is 95.8 cm³/mol. The van der Waals surface area contributed by atoms with Crippen LogP contribution in [0.25, 0.3) is 0 Å². The van der Waals surface area contributed by atoms with Gasteiger partial charge in [0.25, 0.3) is 0 Å². The number of para-hydroxylation sites is 1. The molecule has 1 aliphatic heterocycles. The SMILES string of the molecule is CCc1nsc(NCc2ccccc2OCCN2CCOCC2)n1. The second-order valence-electron chi connectivity index (χ2n) is 5.63. The zero-order valence-corrected chi connectivity index (χ0v) is 14.8. The number of hydrogen-bond donors (Lipinski definition) is 1. The molecule has 3 rings (SSSR count). The second-order valence-corrected chi connectivity index (χ2v) is 6.38. The summed E-state index contributed by atoms with van der Waals surface area (Å²) < 4.78 is 15.7. The van der Waals surface area contributed by atoms with E-state index in [1.54, 1.807) is 0 Å². The number of aromatic nitrogens is 2.